The zero-order chi connectivity index (χ0) is 21.1. The third-order valence-electron chi connectivity index (χ3n) is 5.27. The number of fused-ring (bicyclic) bond motifs is 1. The van der Waals surface area contributed by atoms with Crippen LogP contribution in [0, 0.1) is 0 Å². The zero-order valence-electron chi connectivity index (χ0n) is 16.5. The van der Waals surface area contributed by atoms with Gasteiger partial charge in [0.2, 0.25) is 0 Å². The molecule has 4 nitrogen and oxygen atoms in total. The first kappa shape index (κ1) is 20.5. The van der Waals surface area contributed by atoms with E-state index in [9.17, 15) is 4.79 Å². The van der Waals surface area contributed by atoms with Crippen LogP contribution in [0.25, 0.3) is 0 Å². The fourth-order valence-corrected chi connectivity index (χ4v) is 4.10. The van der Waals surface area contributed by atoms with Crippen LogP contribution in [-0.4, -0.2) is 37.8 Å². The van der Waals surface area contributed by atoms with Crippen molar-refractivity contribution in [1.82, 2.24) is 5.32 Å². The minimum absolute atomic E-state index is 0.00221. The van der Waals surface area contributed by atoms with Crippen LogP contribution >= 0.6 is 23.2 Å². The van der Waals surface area contributed by atoms with Crippen molar-refractivity contribution < 1.29 is 4.79 Å². The van der Waals surface area contributed by atoms with Gasteiger partial charge >= 0.3 is 0 Å². The minimum Gasteiger partial charge on any atom is -0.367 e. The number of halogens is 2. The van der Waals surface area contributed by atoms with Crippen LogP contribution in [0.5, 0.6) is 0 Å². The van der Waals surface area contributed by atoms with Crippen molar-refractivity contribution in [3.8, 4) is 0 Å². The average molecular weight is 438 g/mol. The Labute approximate surface area is 186 Å². The molecule has 0 spiro atoms. The summed E-state index contributed by atoms with van der Waals surface area (Å²) in [6.45, 7) is 0.998. The number of hydrogen-bond acceptors (Lipinski definition) is 3. The van der Waals surface area contributed by atoms with Crippen molar-refractivity contribution in [3.63, 3.8) is 0 Å². The van der Waals surface area contributed by atoms with E-state index in [0.29, 0.717) is 28.7 Å². The highest BCUT2D eigenvalue weighted by Gasteiger charge is 2.24. The number of benzodiazepines with no additional fused rings is 1. The standard InChI is InChI=1S/C24H21Cl2N3O/c1-29-18(15-28-24(30)19-12-11-17(25)13-21(19)26)14-27-23(16-7-3-2-4-8-16)20-9-5-6-10-22(20)29/h2-13,18H,14-15H2,1H3,(H,28,30). The van der Waals surface area contributed by atoms with Crippen molar-refractivity contribution >= 4 is 40.5 Å². The fraction of sp³-hybridized carbons (Fsp3) is 0.167. The Kier molecular flexibility index (Phi) is 6.07. The number of benzene rings is 3. The molecule has 0 fully saturated rings. The van der Waals surface area contributed by atoms with Crippen molar-refractivity contribution in [2.75, 3.05) is 25.0 Å². The lowest BCUT2D eigenvalue weighted by Gasteiger charge is -2.29. The molecule has 1 aliphatic rings. The SMILES string of the molecule is CN1c2ccccc2C(c2ccccc2)=NCC1CNC(=O)c1ccc(Cl)cc1Cl. The second-order valence-electron chi connectivity index (χ2n) is 7.17. The molecule has 0 saturated heterocycles. The molecule has 0 aliphatic carbocycles. The third-order valence-corrected chi connectivity index (χ3v) is 5.82. The van der Waals surface area contributed by atoms with Crippen LogP contribution in [0.4, 0.5) is 5.69 Å². The summed E-state index contributed by atoms with van der Waals surface area (Å²) < 4.78 is 0. The van der Waals surface area contributed by atoms with E-state index < -0.39 is 0 Å². The molecule has 30 heavy (non-hydrogen) atoms. The quantitative estimate of drug-likeness (QED) is 0.618. The van der Waals surface area contributed by atoms with E-state index in [1.165, 1.54) is 0 Å². The number of carbonyl (C=O) groups excluding carboxylic acids is 1. The van der Waals surface area contributed by atoms with Gasteiger partial charge in [-0.2, -0.15) is 0 Å². The maximum absolute atomic E-state index is 12.7. The molecule has 1 amide bonds. The van der Waals surface area contributed by atoms with Gasteiger partial charge in [0, 0.05) is 35.4 Å². The van der Waals surface area contributed by atoms with Gasteiger partial charge in [-0.05, 0) is 24.3 Å². The van der Waals surface area contributed by atoms with Gasteiger partial charge in [-0.1, -0.05) is 71.7 Å². The molecule has 1 aliphatic heterocycles. The molecule has 1 atom stereocenters. The first-order valence-corrected chi connectivity index (χ1v) is 10.5. The molecule has 6 heteroatoms. The lowest BCUT2D eigenvalue weighted by Crippen LogP contribution is -2.43. The molecule has 0 aromatic heterocycles. The largest absolute Gasteiger partial charge is 0.367 e. The summed E-state index contributed by atoms with van der Waals surface area (Å²) in [7, 11) is 2.04. The van der Waals surface area contributed by atoms with Crippen LogP contribution < -0.4 is 10.2 Å². The van der Waals surface area contributed by atoms with Crippen molar-refractivity contribution in [3.05, 3.63) is 99.5 Å². The molecule has 0 saturated carbocycles. The highest BCUT2D eigenvalue weighted by Crippen LogP contribution is 2.27. The van der Waals surface area contributed by atoms with Crippen LogP contribution in [0.3, 0.4) is 0 Å². The summed E-state index contributed by atoms with van der Waals surface area (Å²) in [6.07, 6.45) is 0. The average Bonchev–Trinajstić information content (AvgIpc) is 2.89. The van der Waals surface area contributed by atoms with Crippen molar-refractivity contribution in [2.45, 2.75) is 6.04 Å². The van der Waals surface area contributed by atoms with Gasteiger partial charge in [-0.25, -0.2) is 0 Å². The summed E-state index contributed by atoms with van der Waals surface area (Å²) >= 11 is 12.1. The van der Waals surface area contributed by atoms with Crippen LogP contribution in [-0.2, 0) is 0 Å². The van der Waals surface area contributed by atoms with Crippen LogP contribution in [0.1, 0.15) is 21.5 Å². The molecular weight excluding hydrogens is 417 g/mol. The summed E-state index contributed by atoms with van der Waals surface area (Å²) in [5, 5.41) is 3.83. The smallest absolute Gasteiger partial charge is 0.252 e. The van der Waals surface area contributed by atoms with Crippen molar-refractivity contribution in [1.29, 1.82) is 0 Å². The van der Waals surface area contributed by atoms with E-state index >= 15 is 0 Å². The Bertz CT molecular complexity index is 1100. The van der Waals surface area contributed by atoms with Crippen molar-refractivity contribution in [2.24, 2.45) is 4.99 Å². The van der Waals surface area contributed by atoms with Crippen LogP contribution in [0.15, 0.2) is 77.8 Å². The van der Waals surface area contributed by atoms with E-state index in [2.05, 4.69) is 34.5 Å². The first-order chi connectivity index (χ1) is 14.5. The number of nitrogens with zero attached hydrogens (tertiary/aromatic N) is 2. The number of carbonyl (C=O) groups is 1. The van der Waals surface area contributed by atoms with Gasteiger partial charge in [0.1, 0.15) is 0 Å². The molecular formula is C24H21Cl2N3O. The van der Waals surface area contributed by atoms with Gasteiger partial charge < -0.3 is 10.2 Å². The normalized spacial score (nSPS) is 15.8. The number of para-hydroxylation sites is 1. The Morgan fingerprint density at radius 3 is 2.57 bits per heavy atom. The van der Waals surface area contributed by atoms with Gasteiger partial charge in [-0.15, -0.1) is 0 Å². The third kappa shape index (κ3) is 4.20. The molecule has 1 unspecified atom stereocenters. The molecule has 1 heterocycles. The van der Waals surface area contributed by atoms with E-state index in [0.717, 1.165) is 22.5 Å². The summed E-state index contributed by atoms with van der Waals surface area (Å²) in [6, 6.07) is 23.3. The molecule has 4 rings (SSSR count). The maximum atomic E-state index is 12.7. The predicted octanol–water partition coefficient (Wildman–Crippen LogP) is 5.08. The number of amides is 1. The number of anilines is 1. The maximum Gasteiger partial charge on any atom is 0.252 e. The highest BCUT2D eigenvalue weighted by molar-refractivity contribution is 6.36. The van der Waals surface area contributed by atoms with E-state index in [1.807, 2.05) is 37.4 Å². The summed E-state index contributed by atoms with van der Waals surface area (Å²) in [4.78, 5) is 19.8. The number of hydrogen-bond donors (Lipinski definition) is 1. The van der Waals surface area contributed by atoms with Gasteiger partial charge in [-0.3, -0.25) is 9.79 Å². The second kappa shape index (κ2) is 8.90. The van der Waals surface area contributed by atoms with Crippen LogP contribution in [0.2, 0.25) is 10.0 Å². The lowest BCUT2D eigenvalue weighted by molar-refractivity contribution is 0.0951. The lowest BCUT2D eigenvalue weighted by atomic mass is 10.0. The Morgan fingerprint density at radius 2 is 1.80 bits per heavy atom. The monoisotopic (exact) mass is 437 g/mol. The molecule has 0 radical (unpaired) electrons. The van der Waals surface area contributed by atoms with E-state index in [-0.39, 0.29) is 11.9 Å². The number of likely N-dealkylation sites (N-methyl/N-ethyl adjacent to an activating group) is 1. The van der Waals surface area contributed by atoms with Gasteiger partial charge in [0.05, 0.1) is 28.9 Å². The molecule has 1 N–H and O–H groups in total. The Hall–Kier alpha value is -2.82. The Morgan fingerprint density at radius 1 is 1.07 bits per heavy atom. The summed E-state index contributed by atoms with van der Waals surface area (Å²) in [5.74, 6) is -0.227. The molecule has 3 aromatic rings. The molecule has 0 bridgehead atoms. The van der Waals surface area contributed by atoms with Gasteiger partial charge in [0.15, 0.2) is 0 Å². The highest BCUT2D eigenvalue weighted by atomic mass is 35.5. The number of rotatable bonds is 4. The van der Waals surface area contributed by atoms with E-state index in [4.69, 9.17) is 28.2 Å². The predicted molar refractivity (Wildman–Crippen MR) is 124 cm³/mol. The summed E-state index contributed by atoms with van der Waals surface area (Å²) in [5.41, 5.74) is 4.62. The number of nitrogens with one attached hydrogen (secondary N) is 1. The number of aliphatic imine (C=N–C) groups is 1. The topological polar surface area (TPSA) is 44.7 Å². The van der Waals surface area contributed by atoms with Gasteiger partial charge in [0.25, 0.3) is 5.91 Å². The minimum atomic E-state index is -0.227. The Balaban J connectivity index is 1.58. The fourth-order valence-electron chi connectivity index (χ4n) is 3.61. The molecule has 152 valence electrons. The molecule has 3 aromatic carbocycles. The first-order valence-electron chi connectivity index (χ1n) is 9.70. The van der Waals surface area contributed by atoms with E-state index in [1.54, 1.807) is 18.2 Å². The zero-order valence-corrected chi connectivity index (χ0v) is 18.0. The second-order valence-corrected chi connectivity index (χ2v) is 8.02.